The van der Waals surface area contributed by atoms with Gasteiger partial charge in [-0.15, -0.1) is 0 Å². The van der Waals surface area contributed by atoms with Crippen LogP contribution >= 0.6 is 0 Å². The van der Waals surface area contributed by atoms with E-state index < -0.39 is 5.92 Å². The van der Waals surface area contributed by atoms with Crippen molar-refractivity contribution in [3.05, 3.63) is 0 Å². The van der Waals surface area contributed by atoms with Crippen molar-refractivity contribution in [1.29, 1.82) is 0 Å². The monoisotopic (exact) mass is 190 g/mol. The molecule has 0 radical (unpaired) electrons. The highest BCUT2D eigenvalue weighted by Gasteiger charge is 2.62. The van der Waals surface area contributed by atoms with Crippen LogP contribution in [0.5, 0.6) is 0 Å². The number of rotatable bonds is 1. The summed E-state index contributed by atoms with van der Waals surface area (Å²) in [4.78, 5) is 0. The van der Waals surface area contributed by atoms with Crippen LogP contribution < -0.4 is 0 Å². The van der Waals surface area contributed by atoms with E-state index in [-0.39, 0.29) is 23.7 Å². The second-order valence-corrected chi connectivity index (χ2v) is 5.77. The molecule has 1 aliphatic carbocycles. The van der Waals surface area contributed by atoms with Crippen molar-refractivity contribution in [3.8, 4) is 0 Å². The summed E-state index contributed by atoms with van der Waals surface area (Å²) < 4.78 is 25.8. The molecule has 0 aliphatic heterocycles. The van der Waals surface area contributed by atoms with E-state index in [4.69, 9.17) is 0 Å². The van der Waals surface area contributed by atoms with Gasteiger partial charge >= 0.3 is 0 Å². The van der Waals surface area contributed by atoms with Crippen LogP contribution in [-0.4, -0.2) is 5.92 Å². The van der Waals surface area contributed by atoms with Crippen LogP contribution in [-0.2, 0) is 0 Å². The first-order valence-corrected chi connectivity index (χ1v) is 4.99. The van der Waals surface area contributed by atoms with Gasteiger partial charge in [-0.1, -0.05) is 34.6 Å². The minimum absolute atomic E-state index is 0.0111. The molecular weight excluding hydrogens is 170 g/mol. The van der Waals surface area contributed by atoms with Crippen molar-refractivity contribution in [2.45, 2.75) is 53.4 Å². The maximum Gasteiger partial charge on any atom is 0.249 e. The van der Waals surface area contributed by atoms with E-state index in [1.165, 1.54) is 0 Å². The normalized spacial score (nSPS) is 25.8. The lowest BCUT2D eigenvalue weighted by molar-refractivity contribution is -0.220. The Kier molecular flexibility index (Phi) is 2.25. The molecule has 0 aromatic carbocycles. The first-order chi connectivity index (χ1) is 5.61. The van der Waals surface area contributed by atoms with Gasteiger partial charge in [-0.05, 0) is 16.7 Å². The Bertz CT molecular complexity index is 191. The van der Waals surface area contributed by atoms with E-state index in [1.807, 2.05) is 0 Å². The van der Waals surface area contributed by atoms with Crippen molar-refractivity contribution in [2.24, 2.45) is 16.7 Å². The van der Waals surface area contributed by atoms with Crippen LogP contribution in [0.1, 0.15) is 47.5 Å². The fraction of sp³-hybridized carbons (Fsp3) is 1.00. The topological polar surface area (TPSA) is 0 Å². The molecule has 0 saturated heterocycles. The minimum Gasteiger partial charge on any atom is -0.207 e. The van der Waals surface area contributed by atoms with E-state index >= 15 is 0 Å². The Hall–Kier alpha value is -0.140. The van der Waals surface area contributed by atoms with Gasteiger partial charge in [-0.25, -0.2) is 8.78 Å². The molecule has 0 bridgehead atoms. The highest BCUT2D eigenvalue weighted by Crippen LogP contribution is 2.64. The van der Waals surface area contributed by atoms with Crippen molar-refractivity contribution in [1.82, 2.24) is 0 Å². The molecule has 0 atom stereocenters. The lowest BCUT2D eigenvalue weighted by Crippen LogP contribution is -2.56. The predicted molar refractivity (Wildman–Crippen MR) is 50.9 cm³/mol. The van der Waals surface area contributed by atoms with Crippen LogP contribution in [0.2, 0.25) is 0 Å². The molecule has 0 aromatic heterocycles. The van der Waals surface area contributed by atoms with Gasteiger partial charge in [0.2, 0.25) is 5.92 Å². The maximum atomic E-state index is 12.9. The summed E-state index contributed by atoms with van der Waals surface area (Å²) in [6.45, 7) is 10.3. The zero-order valence-electron chi connectivity index (χ0n) is 9.25. The molecule has 0 N–H and O–H groups in total. The molecule has 0 aromatic rings. The summed E-state index contributed by atoms with van der Waals surface area (Å²) in [5.41, 5.74) is -0.167. The Morgan fingerprint density at radius 2 is 1.46 bits per heavy atom. The summed E-state index contributed by atoms with van der Waals surface area (Å²) in [5.74, 6) is -2.07. The highest BCUT2D eigenvalue weighted by atomic mass is 19.3. The lowest BCUT2D eigenvalue weighted by Gasteiger charge is -2.58. The average Bonchev–Trinajstić information content (AvgIpc) is 1.78. The molecule has 0 amide bonds. The fourth-order valence-electron chi connectivity index (χ4n) is 2.68. The van der Waals surface area contributed by atoms with Gasteiger partial charge in [0.15, 0.2) is 0 Å². The Morgan fingerprint density at radius 3 is 1.54 bits per heavy atom. The molecule has 0 unspecified atom stereocenters. The van der Waals surface area contributed by atoms with Gasteiger partial charge in [-0.3, -0.25) is 0 Å². The van der Waals surface area contributed by atoms with Gasteiger partial charge in [0.05, 0.1) is 0 Å². The third-order valence-corrected chi connectivity index (χ3v) is 3.75. The first-order valence-electron chi connectivity index (χ1n) is 4.99. The molecule has 2 heteroatoms. The molecule has 78 valence electrons. The third kappa shape index (κ3) is 1.60. The van der Waals surface area contributed by atoms with Crippen molar-refractivity contribution in [3.63, 3.8) is 0 Å². The predicted octanol–water partition coefficient (Wildman–Crippen LogP) is 4.10. The molecule has 0 nitrogen and oxygen atoms in total. The average molecular weight is 190 g/mol. The summed E-state index contributed by atoms with van der Waals surface area (Å²) >= 11 is 0. The minimum atomic E-state index is -2.41. The molecule has 1 rings (SSSR count). The van der Waals surface area contributed by atoms with E-state index in [9.17, 15) is 8.78 Å². The van der Waals surface area contributed by atoms with Gasteiger partial charge in [0.25, 0.3) is 0 Å². The largest absolute Gasteiger partial charge is 0.249 e. The summed E-state index contributed by atoms with van der Waals surface area (Å²) in [7, 11) is 0. The Balaban J connectivity index is 2.84. The van der Waals surface area contributed by atoms with E-state index in [0.29, 0.717) is 5.92 Å². The van der Waals surface area contributed by atoms with Crippen molar-refractivity contribution >= 4 is 0 Å². The van der Waals surface area contributed by atoms with Crippen LogP contribution in [0.3, 0.4) is 0 Å². The van der Waals surface area contributed by atoms with E-state index in [2.05, 4.69) is 34.6 Å². The SMILES string of the molecule is CC(C)C1(C(C)(C)C)CC(F)(F)C1. The molecule has 0 heterocycles. The van der Waals surface area contributed by atoms with Crippen LogP contribution in [0.15, 0.2) is 0 Å². The second-order valence-electron chi connectivity index (χ2n) is 5.77. The van der Waals surface area contributed by atoms with Gasteiger partial charge < -0.3 is 0 Å². The smallest absolute Gasteiger partial charge is 0.207 e. The molecule has 1 fully saturated rings. The summed E-state index contributed by atoms with van der Waals surface area (Å²) in [6.07, 6.45) is 0.141. The second kappa shape index (κ2) is 2.68. The molecular formula is C11H20F2. The van der Waals surface area contributed by atoms with Gasteiger partial charge in [-0.2, -0.15) is 0 Å². The molecule has 13 heavy (non-hydrogen) atoms. The summed E-state index contributed by atoms with van der Waals surface area (Å²) in [6, 6.07) is 0. The molecule has 1 saturated carbocycles. The first kappa shape index (κ1) is 10.9. The van der Waals surface area contributed by atoms with Crippen molar-refractivity contribution < 1.29 is 8.78 Å². The highest BCUT2D eigenvalue weighted by molar-refractivity contribution is 5.06. The molecule has 0 spiro atoms. The van der Waals surface area contributed by atoms with Crippen molar-refractivity contribution in [2.75, 3.05) is 0 Å². The zero-order valence-corrected chi connectivity index (χ0v) is 9.25. The van der Waals surface area contributed by atoms with Crippen LogP contribution in [0.25, 0.3) is 0 Å². The number of hydrogen-bond donors (Lipinski definition) is 0. The number of halogens is 2. The standard InChI is InChI=1S/C11H20F2/c1-8(2)10(9(3,4)5)6-11(12,13)7-10/h8H,6-7H2,1-5H3. The number of hydrogen-bond acceptors (Lipinski definition) is 0. The van der Waals surface area contributed by atoms with Gasteiger partial charge in [0, 0.05) is 12.8 Å². The van der Waals surface area contributed by atoms with E-state index in [1.54, 1.807) is 0 Å². The Labute approximate surface area is 79.7 Å². The van der Waals surface area contributed by atoms with Crippen LogP contribution in [0, 0.1) is 16.7 Å². The zero-order chi connectivity index (χ0) is 10.5. The van der Waals surface area contributed by atoms with Crippen LogP contribution in [0.4, 0.5) is 8.78 Å². The number of alkyl halides is 2. The lowest BCUT2D eigenvalue weighted by atomic mass is 9.49. The molecule has 1 aliphatic rings. The third-order valence-electron chi connectivity index (χ3n) is 3.75. The maximum absolute atomic E-state index is 12.9. The van der Waals surface area contributed by atoms with Gasteiger partial charge in [0.1, 0.15) is 0 Å². The fourth-order valence-corrected chi connectivity index (χ4v) is 2.68. The Morgan fingerprint density at radius 1 is 1.08 bits per heavy atom. The van der Waals surface area contributed by atoms with E-state index in [0.717, 1.165) is 0 Å². The quantitative estimate of drug-likeness (QED) is 0.584. The summed E-state index contributed by atoms with van der Waals surface area (Å²) in [5, 5.41) is 0.